The van der Waals surface area contributed by atoms with Crippen molar-refractivity contribution in [2.45, 2.75) is 0 Å². The van der Waals surface area contributed by atoms with Crippen molar-refractivity contribution < 1.29 is 14.4 Å². The monoisotopic (exact) mass is 146 g/mol. The van der Waals surface area contributed by atoms with Crippen molar-refractivity contribution >= 4 is 60.2 Å². The van der Waals surface area contributed by atoms with Crippen LogP contribution >= 0.6 is 0 Å². The fourth-order valence-electron chi connectivity index (χ4n) is 0. The van der Waals surface area contributed by atoms with Crippen molar-refractivity contribution in [2.24, 2.45) is 0 Å². The average molecular weight is 146 g/mol. The van der Waals surface area contributed by atoms with Crippen LogP contribution in [0.5, 0.6) is 0 Å². The van der Waals surface area contributed by atoms with E-state index >= 15 is 0 Å². The minimum atomic E-state index is -3.87. The van der Waals surface area contributed by atoms with E-state index in [1.807, 2.05) is 0 Å². The van der Waals surface area contributed by atoms with Crippen molar-refractivity contribution in [3.63, 3.8) is 0 Å². The van der Waals surface area contributed by atoms with E-state index in [-0.39, 0.29) is 51.4 Å². The fourth-order valence-corrected chi connectivity index (χ4v) is 0. The topological polar surface area (TPSA) is 60.7 Å². The molecule has 0 aliphatic rings. The summed E-state index contributed by atoms with van der Waals surface area (Å²) in [7, 11) is -3.87. The van der Waals surface area contributed by atoms with Crippen LogP contribution < -0.4 is 0 Å². The molecule has 3 N–H and O–H groups in total. The Balaban J connectivity index is 0. The van der Waals surface area contributed by atoms with E-state index in [0.717, 1.165) is 5.70 Å². The molecule has 0 bridgehead atoms. The van der Waals surface area contributed by atoms with Gasteiger partial charge in [0.2, 0.25) is 0 Å². The zero-order valence-corrected chi connectivity index (χ0v) is 4.13. The van der Waals surface area contributed by atoms with Crippen LogP contribution in [0.4, 0.5) is 0 Å². The first-order valence-corrected chi connectivity index (χ1v) is 3.29. The summed E-state index contributed by atoms with van der Waals surface area (Å²) in [5.41, 5.74) is 0.743. The zero-order chi connectivity index (χ0) is 5.21. The van der Waals surface area contributed by atoms with Gasteiger partial charge in [0.15, 0.2) is 0 Å². The maximum absolute atomic E-state index is 7.96. The summed E-state index contributed by atoms with van der Waals surface area (Å²) in [5.74, 6) is 0. The molecule has 0 heterocycles. The van der Waals surface area contributed by atoms with E-state index in [2.05, 4.69) is 6.58 Å². The van der Waals surface area contributed by atoms with E-state index in [1.165, 1.54) is 0 Å². The summed E-state index contributed by atoms with van der Waals surface area (Å²) in [5, 5.41) is 0. The molecule has 0 aliphatic heterocycles. The van der Waals surface area contributed by atoms with Crippen LogP contribution in [0.25, 0.3) is 0 Å². The summed E-state index contributed by atoms with van der Waals surface area (Å²) < 4.78 is 0. The average Bonchev–Trinajstić information content (AvgIpc) is 1.35. The van der Waals surface area contributed by atoms with Crippen LogP contribution in [-0.4, -0.2) is 74.6 Å². The van der Waals surface area contributed by atoms with Crippen molar-refractivity contribution in [3.05, 3.63) is 12.3 Å². The van der Waals surface area contributed by atoms with E-state index in [9.17, 15) is 0 Å². The molecule has 0 rings (SSSR count). The van der Waals surface area contributed by atoms with E-state index < -0.39 is 8.80 Å². The van der Waals surface area contributed by atoms with Gasteiger partial charge in [0.05, 0.1) is 0 Å². The Morgan fingerprint density at radius 2 is 1.43 bits per heavy atom. The Hall–Kier alpha value is 1.47. The standard InChI is InChI=1S/C2H6O3Si.K.H/c1-2-6(3,4)5;;/h2-5H,1H2;;. The van der Waals surface area contributed by atoms with Crippen LogP contribution in [0.15, 0.2) is 12.3 Å². The SMILES string of the molecule is C=C[Si](O)(O)O.[KH]. The Kier molecular flexibility index (Phi) is 7.04. The van der Waals surface area contributed by atoms with Crippen LogP contribution in [0.2, 0.25) is 0 Å². The van der Waals surface area contributed by atoms with Gasteiger partial charge in [-0.2, -0.15) is 0 Å². The predicted molar refractivity (Wildman–Crippen MR) is 29.8 cm³/mol. The van der Waals surface area contributed by atoms with Crippen LogP contribution in [0, 0.1) is 0 Å². The number of hydrogen-bond donors (Lipinski definition) is 3. The van der Waals surface area contributed by atoms with Crippen LogP contribution in [-0.2, 0) is 0 Å². The Morgan fingerprint density at radius 1 is 1.29 bits per heavy atom. The molecular formula is C2H7KO3Si. The summed E-state index contributed by atoms with van der Waals surface area (Å²) in [6, 6.07) is 0. The molecule has 0 spiro atoms. The second-order valence-corrected chi connectivity index (χ2v) is 2.67. The van der Waals surface area contributed by atoms with Gasteiger partial charge in [-0.25, -0.2) is 0 Å². The van der Waals surface area contributed by atoms with Crippen LogP contribution in [0.3, 0.4) is 0 Å². The molecule has 38 valence electrons. The van der Waals surface area contributed by atoms with E-state index in [1.54, 1.807) is 0 Å². The molecule has 0 amide bonds. The summed E-state index contributed by atoms with van der Waals surface area (Å²) in [4.78, 5) is 23.9. The Morgan fingerprint density at radius 3 is 1.43 bits per heavy atom. The van der Waals surface area contributed by atoms with Crippen molar-refractivity contribution in [1.82, 2.24) is 0 Å². The van der Waals surface area contributed by atoms with Crippen LogP contribution in [0.1, 0.15) is 0 Å². The van der Waals surface area contributed by atoms with E-state index in [4.69, 9.17) is 14.4 Å². The Bertz CT molecular complexity index is 58.4. The van der Waals surface area contributed by atoms with Gasteiger partial charge in [-0.3, -0.25) is 0 Å². The van der Waals surface area contributed by atoms with E-state index in [0.29, 0.717) is 0 Å². The summed E-state index contributed by atoms with van der Waals surface area (Å²) >= 11 is 0. The first-order valence-electron chi connectivity index (χ1n) is 1.37. The maximum atomic E-state index is 7.96. The van der Waals surface area contributed by atoms with Gasteiger partial charge in [-0.15, -0.1) is 0 Å². The quantitative estimate of drug-likeness (QED) is 0.374. The molecule has 0 atom stereocenters. The van der Waals surface area contributed by atoms with Crippen molar-refractivity contribution in [1.29, 1.82) is 0 Å². The second kappa shape index (κ2) is 4.36. The van der Waals surface area contributed by atoms with Gasteiger partial charge in [0.25, 0.3) is 0 Å². The molecular weight excluding hydrogens is 139 g/mol. The number of rotatable bonds is 1. The van der Waals surface area contributed by atoms with Crippen molar-refractivity contribution in [3.8, 4) is 0 Å². The molecule has 0 radical (unpaired) electrons. The number of hydrogen-bond acceptors (Lipinski definition) is 3. The molecule has 3 nitrogen and oxygen atoms in total. The molecule has 0 aromatic heterocycles. The first kappa shape index (κ1) is 11.3. The molecule has 0 aromatic rings. The molecule has 0 saturated heterocycles. The zero-order valence-electron chi connectivity index (χ0n) is 3.13. The van der Waals surface area contributed by atoms with Gasteiger partial charge in [0, 0.05) is 0 Å². The van der Waals surface area contributed by atoms with Gasteiger partial charge < -0.3 is 14.4 Å². The third kappa shape index (κ3) is 11.2. The van der Waals surface area contributed by atoms with Gasteiger partial charge in [-0.1, -0.05) is 6.58 Å². The predicted octanol–water partition coefficient (Wildman–Crippen LogP) is -2.02. The van der Waals surface area contributed by atoms with Gasteiger partial charge >= 0.3 is 60.2 Å². The molecule has 7 heavy (non-hydrogen) atoms. The molecule has 0 fully saturated rings. The summed E-state index contributed by atoms with van der Waals surface area (Å²) in [6.07, 6.45) is 0. The molecule has 5 heteroatoms. The molecule has 0 aromatic carbocycles. The molecule has 0 aliphatic carbocycles. The van der Waals surface area contributed by atoms with Crippen molar-refractivity contribution in [2.75, 3.05) is 0 Å². The second-order valence-electron chi connectivity index (χ2n) is 0.891. The first-order chi connectivity index (χ1) is 2.56. The Labute approximate surface area is 85.5 Å². The molecule has 0 saturated carbocycles. The third-order valence-electron chi connectivity index (χ3n) is 0.274. The van der Waals surface area contributed by atoms with Gasteiger partial charge in [0.1, 0.15) is 0 Å². The normalized spacial score (nSPS) is 9.57. The molecule has 0 unspecified atom stereocenters. The fraction of sp³-hybridized carbons (Fsp3) is 0. The summed E-state index contributed by atoms with van der Waals surface area (Å²) in [6.45, 7) is 2.94. The third-order valence-corrected chi connectivity index (χ3v) is 0.822. The minimum absolute atomic E-state index is 0. The van der Waals surface area contributed by atoms with Gasteiger partial charge in [-0.05, 0) is 5.70 Å².